The average molecular weight is 221 g/mol. The summed E-state index contributed by atoms with van der Waals surface area (Å²) in [5.74, 6) is 0. The molecule has 0 atom stereocenters. The third kappa shape index (κ3) is 3.81. The highest BCUT2D eigenvalue weighted by Crippen LogP contribution is 2.11. The van der Waals surface area contributed by atoms with Crippen LogP contribution in [-0.2, 0) is 6.54 Å². The van der Waals surface area contributed by atoms with Crippen molar-refractivity contribution in [3.8, 4) is 0 Å². The van der Waals surface area contributed by atoms with Crippen LogP contribution in [0.15, 0.2) is 18.3 Å². The number of hydrogen-bond donors (Lipinski definition) is 1. The smallest absolute Gasteiger partial charge is 0.0564 e. The fourth-order valence-electron chi connectivity index (χ4n) is 1.74. The Morgan fingerprint density at radius 1 is 1.44 bits per heavy atom. The van der Waals surface area contributed by atoms with Crippen LogP contribution in [0.5, 0.6) is 0 Å². The summed E-state index contributed by atoms with van der Waals surface area (Å²) in [6, 6.07) is 4.67. The predicted octanol–water partition coefficient (Wildman–Crippen LogP) is 2.74. The molecule has 1 rings (SSSR count). The van der Waals surface area contributed by atoms with Crippen LogP contribution in [0.1, 0.15) is 32.9 Å². The van der Waals surface area contributed by atoms with E-state index < -0.39 is 0 Å². The summed E-state index contributed by atoms with van der Waals surface area (Å²) in [4.78, 5) is 6.86. The van der Waals surface area contributed by atoms with Crippen LogP contribution < -0.4 is 5.32 Å². The van der Waals surface area contributed by atoms with E-state index in [9.17, 15) is 0 Å². The number of nitrogens with zero attached hydrogens (tertiary/aromatic N) is 2. The lowest BCUT2D eigenvalue weighted by molar-refractivity contribution is 0.211. The van der Waals surface area contributed by atoms with Gasteiger partial charge in [-0.05, 0) is 38.9 Å². The van der Waals surface area contributed by atoms with Gasteiger partial charge in [-0.1, -0.05) is 6.92 Å². The summed E-state index contributed by atoms with van der Waals surface area (Å²) < 4.78 is 0. The van der Waals surface area contributed by atoms with Crippen molar-refractivity contribution in [1.82, 2.24) is 9.88 Å². The molecule has 90 valence electrons. The van der Waals surface area contributed by atoms with Crippen molar-refractivity contribution in [2.75, 3.05) is 18.9 Å². The van der Waals surface area contributed by atoms with Crippen LogP contribution >= 0.6 is 0 Å². The van der Waals surface area contributed by atoms with Crippen molar-refractivity contribution in [2.24, 2.45) is 0 Å². The topological polar surface area (TPSA) is 28.2 Å². The summed E-state index contributed by atoms with van der Waals surface area (Å²) >= 11 is 0. The van der Waals surface area contributed by atoms with Crippen molar-refractivity contribution < 1.29 is 0 Å². The van der Waals surface area contributed by atoms with Crippen LogP contribution in [0.2, 0.25) is 0 Å². The maximum absolute atomic E-state index is 4.41. The Balaban J connectivity index is 2.68. The first-order valence-corrected chi connectivity index (χ1v) is 6.04. The van der Waals surface area contributed by atoms with Gasteiger partial charge in [-0.25, -0.2) is 0 Å². The highest BCUT2D eigenvalue weighted by molar-refractivity contribution is 5.42. The highest BCUT2D eigenvalue weighted by atomic mass is 15.1. The summed E-state index contributed by atoms with van der Waals surface area (Å²) in [6.45, 7) is 8.74. The van der Waals surface area contributed by atoms with Crippen molar-refractivity contribution in [1.29, 1.82) is 0 Å². The molecule has 1 aromatic rings. The van der Waals surface area contributed by atoms with Crippen molar-refractivity contribution in [3.05, 3.63) is 24.0 Å². The van der Waals surface area contributed by atoms with Crippen LogP contribution in [0.25, 0.3) is 0 Å². The van der Waals surface area contributed by atoms with Gasteiger partial charge in [0.2, 0.25) is 0 Å². The number of nitrogens with one attached hydrogen (secondary N) is 1. The minimum atomic E-state index is 0.569. The van der Waals surface area contributed by atoms with E-state index in [-0.39, 0.29) is 0 Å². The Hall–Kier alpha value is -1.09. The summed E-state index contributed by atoms with van der Waals surface area (Å²) in [6.07, 6.45) is 3.05. The predicted molar refractivity (Wildman–Crippen MR) is 69.6 cm³/mol. The number of rotatable bonds is 6. The number of pyridine rings is 1. The molecule has 0 amide bonds. The average Bonchev–Trinajstić information content (AvgIpc) is 2.28. The van der Waals surface area contributed by atoms with Gasteiger partial charge in [0.15, 0.2) is 0 Å². The highest BCUT2D eigenvalue weighted by Gasteiger charge is 2.09. The molecule has 3 nitrogen and oxygen atoms in total. The Morgan fingerprint density at radius 2 is 2.19 bits per heavy atom. The molecule has 0 spiro atoms. The molecule has 0 radical (unpaired) electrons. The largest absolute Gasteiger partial charge is 0.388 e. The normalized spacial score (nSPS) is 11.1. The zero-order valence-electron chi connectivity index (χ0n) is 10.8. The fraction of sp³-hybridized carbons (Fsp3) is 0.615. The molecular formula is C13H23N3. The van der Waals surface area contributed by atoms with E-state index in [1.165, 1.54) is 6.42 Å². The third-order valence-electron chi connectivity index (χ3n) is 2.71. The number of aromatic nitrogens is 1. The van der Waals surface area contributed by atoms with Gasteiger partial charge >= 0.3 is 0 Å². The van der Waals surface area contributed by atoms with Gasteiger partial charge in [0.25, 0.3) is 0 Å². The standard InChI is InChI=1S/C13H23N3/c1-5-8-16(11(2)3)10-13-9-12(14-4)6-7-15-13/h6-7,9,11H,5,8,10H2,1-4H3,(H,14,15). The SMILES string of the molecule is CCCN(Cc1cc(NC)ccn1)C(C)C. The molecule has 0 aliphatic heterocycles. The molecule has 0 saturated heterocycles. The zero-order valence-corrected chi connectivity index (χ0v) is 10.8. The number of hydrogen-bond acceptors (Lipinski definition) is 3. The number of anilines is 1. The second-order valence-electron chi connectivity index (χ2n) is 4.35. The lowest BCUT2D eigenvalue weighted by Crippen LogP contribution is -2.31. The molecule has 0 fully saturated rings. The Bertz CT molecular complexity index is 310. The van der Waals surface area contributed by atoms with Gasteiger partial charge in [0.05, 0.1) is 5.69 Å². The second kappa shape index (κ2) is 6.48. The summed E-state index contributed by atoms with van der Waals surface area (Å²) in [7, 11) is 1.94. The molecule has 0 bridgehead atoms. The lowest BCUT2D eigenvalue weighted by atomic mass is 10.2. The van der Waals surface area contributed by atoms with Gasteiger partial charge < -0.3 is 5.32 Å². The van der Waals surface area contributed by atoms with Crippen LogP contribution in [-0.4, -0.2) is 29.5 Å². The van der Waals surface area contributed by atoms with E-state index in [1.807, 2.05) is 19.3 Å². The maximum Gasteiger partial charge on any atom is 0.0564 e. The van der Waals surface area contributed by atoms with Gasteiger partial charge in [-0.3, -0.25) is 9.88 Å². The quantitative estimate of drug-likeness (QED) is 0.800. The van der Waals surface area contributed by atoms with E-state index in [1.54, 1.807) is 0 Å². The molecule has 0 saturated carbocycles. The molecule has 0 aromatic carbocycles. The molecule has 1 heterocycles. The van der Waals surface area contributed by atoms with E-state index in [0.29, 0.717) is 6.04 Å². The molecule has 1 aromatic heterocycles. The van der Waals surface area contributed by atoms with Crippen molar-refractivity contribution >= 4 is 5.69 Å². The Kier molecular flexibility index (Phi) is 5.26. The summed E-state index contributed by atoms with van der Waals surface area (Å²) in [5, 5.41) is 3.14. The zero-order chi connectivity index (χ0) is 12.0. The Labute approximate surface area is 98.9 Å². The first-order valence-electron chi connectivity index (χ1n) is 6.04. The molecule has 0 aliphatic rings. The van der Waals surface area contributed by atoms with Gasteiger partial charge in [-0.15, -0.1) is 0 Å². The third-order valence-corrected chi connectivity index (χ3v) is 2.71. The maximum atomic E-state index is 4.41. The molecule has 1 N–H and O–H groups in total. The van der Waals surface area contributed by atoms with E-state index in [4.69, 9.17) is 0 Å². The van der Waals surface area contributed by atoms with Crippen LogP contribution in [0.3, 0.4) is 0 Å². The first kappa shape index (κ1) is 13.0. The monoisotopic (exact) mass is 221 g/mol. The first-order chi connectivity index (χ1) is 7.67. The molecular weight excluding hydrogens is 198 g/mol. The molecule has 0 unspecified atom stereocenters. The van der Waals surface area contributed by atoms with E-state index in [2.05, 4.69) is 42.0 Å². The second-order valence-corrected chi connectivity index (χ2v) is 4.35. The van der Waals surface area contributed by atoms with Crippen molar-refractivity contribution in [3.63, 3.8) is 0 Å². The summed E-state index contributed by atoms with van der Waals surface area (Å²) in [5.41, 5.74) is 2.26. The van der Waals surface area contributed by atoms with Gasteiger partial charge in [0, 0.05) is 31.5 Å². The van der Waals surface area contributed by atoms with Crippen LogP contribution in [0.4, 0.5) is 5.69 Å². The van der Waals surface area contributed by atoms with Crippen molar-refractivity contribution in [2.45, 2.75) is 39.8 Å². The lowest BCUT2D eigenvalue weighted by Gasteiger charge is -2.25. The van der Waals surface area contributed by atoms with E-state index in [0.717, 1.165) is 24.5 Å². The molecule has 3 heteroatoms. The van der Waals surface area contributed by atoms with Crippen LogP contribution in [0, 0.1) is 0 Å². The minimum Gasteiger partial charge on any atom is -0.388 e. The minimum absolute atomic E-state index is 0.569. The van der Waals surface area contributed by atoms with Gasteiger partial charge in [-0.2, -0.15) is 0 Å². The molecule has 16 heavy (non-hydrogen) atoms. The fourth-order valence-corrected chi connectivity index (χ4v) is 1.74. The van der Waals surface area contributed by atoms with E-state index >= 15 is 0 Å². The Morgan fingerprint density at radius 3 is 2.75 bits per heavy atom. The molecule has 0 aliphatic carbocycles. The van der Waals surface area contributed by atoms with Gasteiger partial charge in [0.1, 0.15) is 0 Å².